The molecule has 1 aromatic heterocycles. The molecule has 90 valence electrons. The van der Waals surface area contributed by atoms with E-state index in [0.29, 0.717) is 5.76 Å². The molecule has 3 N–H and O–H groups in total. The van der Waals surface area contributed by atoms with E-state index in [1.807, 2.05) is 0 Å². The summed E-state index contributed by atoms with van der Waals surface area (Å²) in [5.74, 6) is -0.0334. The van der Waals surface area contributed by atoms with Gasteiger partial charge in [-0.25, -0.2) is 0 Å². The first-order valence-corrected chi connectivity index (χ1v) is 4.69. The smallest absolute Gasteiger partial charge is 0.273 e. The molecule has 0 saturated heterocycles. The number of aromatic nitrogens is 1. The van der Waals surface area contributed by atoms with Crippen LogP contribution in [-0.4, -0.2) is 47.6 Å². The SMILES string of the molecule is COCc1cc(C(=O)NCC(O)CO)no1. The molecule has 1 amide bonds. The van der Waals surface area contributed by atoms with Crippen LogP contribution in [0.15, 0.2) is 10.6 Å². The lowest BCUT2D eigenvalue weighted by Crippen LogP contribution is -2.34. The number of aliphatic hydroxyl groups excluding tert-OH is 2. The van der Waals surface area contributed by atoms with E-state index in [-0.39, 0.29) is 18.8 Å². The van der Waals surface area contributed by atoms with Crippen molar-refractivity contribution in [3.63, 3.8) is 0 Å². The van der Waals surface area contributed by atoms with Gasteiger partial charge in [-0.1, -0.05) is 5.16 Å². The van der Waals surface area contributed by atoms with E-state index >= 15 is 0 Å². The Morgan fingerprint density at radius 3 is 3.12 bits per heavy atom. The Hall–Kier alpha value is -1.44. The van der Waals surface area contributed by atoms with Gasteiger partial charge >= 0.3 is 0 Å². The molecule has 1 unspecified atom stereocenters. The zero-order chi connectivity index (χ0) is 12.0. The molecule has 7 heteroatoms. The molecule has 0 fully saturated rings. The maximum atomic E-state index is 11.4. The van der Waals surface area contributed by atoms with Crippen LogP contribution in [-0.2, 0) is 11.3 Å². The van der Waals surface area contributed by atoms with Crippen molar-refractivity contribution in [2.24, 2.45) is 0 Å². The van der Waals surface area contributed by atoms with E-state index in [4.69, 9.17) is 19.5 Å². The average Bonchev–Trinajstić information content (AvgIpc) is 2.74. The molecule has 1 atom stereocenters. The first-order chi connectivity index (χ1) is 7.67. The Labute approximate surface area is 92.0 Å². The number of carbonyl (C=O) groups excluding carboxylic acids is 1. The van der Waals surface area contributed by atoms with Crippen LogP contribution in [0.2, 0.25) is 0 Å². The second kappa shape index (κ2) is 6.21. The lowest BCUT2D eigenvalue weighted by atomic mass is 10.3. The summed E-state index contributed by atoms with van der Waals surface area (Å²) in [4.78, 5) is 11.4. The minimum absolute atomic E-state index is 0.0399. The van der Waals surface area contributed by atoms with Gasteiger partial charge in [0, 0.05) is 19.7 Å². The second-order valence-electron chi connectivity index (χ2n) is 3.16. The van der Waals surface area contributed by atoms with E-state index in [9.17, 15) is 4.79 Å². The molecule has 0 aliphatic heterocycles. The van der Waals surface area contributed by atoms with Gasteiger partial charge in [-0.2, -0.15) is 0 Å². The van der Waals surface area contributed by atoms with Crippen molar-refractivity contribution in [3.05, 3.63) is 17.5 Å². The lowest BCUT2D eigenvalue weighted by molar-refractivity contribution is 0.0796. The summed E-state index contributed by atoms with van der Waals surface area (Å²) >= 11 is 0. The number of hydrogen-bond donors (Lipinski definition) is 3. The van der Waals surface area contributed by atoms with Crippen molar-refractivity contribution in [1.29, 1.82) is 0 Å². The number of amides is 1. The summed E-state index contributed by atoms with van der Waals surface area (Å²) in [5.41, 5.74) is 0.109. The van der Waals surface area contributed by atoms with E-state index < -0.39 is 18.6 Å². The standard InChI is InChI=1S/C9H14N2O5/c1-15-5-7-2-8(11-16-7)9(14)10-3-6(13)4-12/h2,6,12-13H,3-5H2,1H3,(H,10,14). The van der Waals surface area contributed by atoms with Crippen molar-refractivity contribution < 1.29 is 24.3 Å². The zero-order valence-electron chi connectivity index (χ0n) is 8.84. The molecule has 0 spiro atoms. The molecule has 0 aliphatic rings. The Kier molecular flexibility index (Phi) is 4.90. The molecule has 0 aliphatic carbocycles. The molecular formula is C9H14N2O5. The van der Waals surface area contributed by atoms with Crippen LogP contribution in [0.5, 0.6) is 0 Å². The van der Waals surface area contributed by atoms with Gasteiger partial charge < -0.3 is 24.8 Å². The molecule has 1 rings (SSSR count). The first-order valence-electron chi connectivity index (χ1n) is 4.69. The van der Waals surface area contributed by atoms with E-state index in [1.165, 1.54) is 13.2 Å². The van der Waals surface area contributed by atoms with Crippen molar-refractivity contribution >= 4 is 5.91 Å². The summed E-state index contributed by atoms with van der Waals surface area (Å²) in [5, 5.41) is 23.5. The first kappa shape index (κ1) is 12.6. The van der Waals surface area contributed by atoms with Crippen LogP contribution in [0, 0.1) is 0 Å². The summed E-state index contributed by atoms with van der Waals surface area (Å²) in [6.45, 7) is -0.213. The van der Waals surface area contributed by atoms with Crippen LogP contribution in [0.3, 0.4) is 0 Å². The number of hydrogen-bond acceptors (Lipinski definition) is 6. The van der Waals surface area contributed by atoms with Crippen LogP contribution in [0.1, 0.15) is 16.2 Å². The molecular weight excluding hydrogens is 216 g/mol. The van der Waals surface area contributed by atoms with Crippen LogP contribution in [0.4, 0.5) is 0 Å². The molecule has 1 aromatic rings. The van der Waals surface area contributed by atoms with Gasteiger partial charge in [-0.3, -0.25) is 4.79 Å². The minimum atomic E-state index is -0.978. The van der Waals surface area contributed by atoms with E-state index in [1.54, 1.807) is 0 Å². The van der Waals surface area contributed by atoms with Gasteiger partial charge in [0.1, 0.15) is 6.61 Å². The highest BCUT2D eigenvalue weighted by Gasteiger charge is 2.13. The van der Waals surface area contributed by atoms with Crippen molar-refractivity contribution in [1.82, 2.24) is 10.5 Å². The van der Waals surface area contributed by atoms with Crippen LogP contribution < -0.4 is 5.32 Å². The van der Waals surface area contributed by atoms with E-state index in [2.05, 4.69) is 10.5 Å². The molecule has 0 radical (unpaired) electrons. The molecule has 0 aromatic carbocycles. The topological polar surface area (TPSA) is 105 Å². The van der Waals surface area contributed by atoms with Gasteiger partial charge in [-0.05, 0) is 0 Å². The van der Waals surface area contributed by atoms with Gasteiger partial charge in [0.15, 0.2) is 11.5 Å². The highest BCUT2D eigenvalue weighted by Crippen LogP contribution is 2.04. The number of ether oxygens (including phenoxy) is 1. The number of rotatable bonds is 6. The quantitative estimate of drug-likeness (QED) is 0.573. The third kappa shape index (κ3) is 3.61. The average molecular weight is 230 g/mol. The largest absolute Gasteiger partial charge is 0.394 e. The monoisotopic (exact) mass is 230 g/mol. The Morgan fingerprint density at radius 1 is 1.75 bits per heavy atom. The molecule has 16 heavy (non-hydrogen) atoms. The van der Waals surface area contributed by atoms with Gasteiger partial charge in [-0.15, -0.1) is 0 Å². The highest BCUT2D eigenvalue weighted by atomic mass is 16.5. The van der Waals surface area contributed by atoms with Crippen LogP contribution in [0.25, 0.3) is 0 Å². The summed E-state index contributed by atoms with van der Waals surface area (Å²) < 4.78 is 9.61. The predicted octanol–water partition coefficient (Wildman–Crippen LogP) is -1.10. The number of aliphatic hydroxyl groups is 2. The molecule has 1 heterocycles. The highest BCUT2D eigenvalue weighted by molar-refractivity contribution is 5.92. The fourth-order valence-electron chi connectivity index (χ4n) is 0.996. The molecule has 0 bridgehead atoms. The lowest BCUT2D eigenvalue weighted by Gasteiger charge is -2.06. The third-order valence-corrected chi connectivity index (χ3v) is 1.79. The predicted molar refractivity (Wildman–Crippen MR) is 52.6 cm³/mol. The minimum Gasteiger partial charge on any atom is -0.394 e. The Morgan fingerprint density at radius 2 is 2.50 bits per heavy atom. The van der Waals surface area contributed by atoms with Gasteiger partial charge in [0.2, 0.25) is 0 Å². The number of carbonyl (C=O) groups is 1. The maximum absolute atomic E-state index is 11.4. The maximum Gasteiger partial charge on any atom is 0.273 e. The zero-order valence-corrected chi connectivity index (χ0v) is 8.84. The summed E-state index contributed by atoms with van der Waals surface area (Å²) in [7, 11) is 1.50. The van der Waals surface area contributed by atoms with Gasteiger partial charge in [0.25, 0.3) is 5.91 Å². The Bertz CT molecular complexity index is 338. The number of methoxy groups -OCH3 is 1. The fourth-order valence-corrected chi connectivity index (χ4v) is 0.996. The number of nitrogens with zero attached hydrogens (tertiary/aromatic N) is 1. The van der Waals surface area contributed by atoms with Crippen LogP contribution >= 0.6 is 0 Å². The van der Waals surface area contributed by atoms with Gasteiger partial charge in [0.05, 0.1) is 12.7 Å². The Balaban J connectivity index is 2.46. The molecule has 7 nitrogen and oxygen atoms in total. The fraction of sp³-hybridized carbons (Fsp3) is 0.556. The van der Waals surface area contributed by atoms with E-state index in [0.717, 1.165) is 0 Å². The summed E-state index contributed by atoms with van der Waals surface area (Å²) in [6.07, 6.45) is -0.978. The molecule has 0 saturated carbocycles. The number of nitrogens with one attached hydrogen (secondary N) is 1. The normalized spacial score (nSPS) is 12.4. The third-order valence-electron chi connectivity index (χ3n) is 1.79. The second-order valence-corrected chi connectivity index (χ2v) is 3.16. The van der Waals surface area contributed by atoms with Crippen molar-refractivity contribution in [3.8, 4) is 0 Å². The summed E-state index contributed by atoms with van der Waals surface area (Å²) in [6, 6.07) is 1.45. The van der Waals surface area contributed by atoms with Crippen molar-refractivity contribution in [2.75, 3.05) is 20.3 Å². The van der Waals surface area contributed by atoms with Crippen molar-refractivity contribution in [2.45, 2.75) is 12.7 Å².